The zero-order chi connectivity index (χ0) is 12.6. The highest BCUT2D eigenvalue weighted by molar-refractivity contribution is 6.30. The summed E-state index contributed by atoms with van der Waals surface area (Å²) in [7, 11) is 1.75. The standard InChI is InChI=1S/C12H14ClFN2O/c1-3-16-7-11(15(2)12(16)17)8-4-5-10(14)9(13)6-8/h4-6,11H,3,7H2,1-2H3. The van der Waals surface area contributed by atoms with Crippen LogP contribution in [0.1, 0.15) is 18.5 Å². The van der Waals surface area contributed by atoms with Crippen LogP contribution in [0.15, 0.2) is 18.2 Å². The highest BCUT2D eigenvalue weighted by Crippen LogP contribution is 2.30. The first-order chi connectivity index (χ1) is 8.04. The zero-order valence-electron chi connectivity index (χ0n) is 9.78. The van der Waals surface area contributed by atoms with Crippen LogP contribution in [0, 0.1) is 5.82 Å². The van der Waals surface area contributed by atoms with Crippen molar-refractivity contribution in [1.29, 1.82) is 0 Å². The van der Waals surface area contributed by atoms with Crippen LogP contribution in [0.25, 0.3) is 0 Å². The molecule has 0 saturated carbocycles. The summed E-state index contributed by atoms with van der Waals surface area (Å²) in [6.07, 6.45) is 0. The molecular weight excluding hydrogens is 243 g/mol. The van der Waals surface area contributed by atoms with E-state index in [0.717, 1.165) is 5.56 Å². The SMILES string of the molecule is CCN1CC(c2ccc(F)c(Cl)c2)N(C)C1=O. The molecule has 0 aliphatic carbocycles. The number of nitrogens with zero attached hydrogens (tertiary/aromatic N) is 2. The number of amides is 2. The van der Waals surface area contributed by atoms with E-state index in [2.05, 4.69) is 0 Å². The maximum atomic E-state index is 13.1. The number of benzene rings is 1. The van der Waals surface area contributed by atoms with Gasteiger partial charge in [0.05, 0.1) is 11.1 Å². The molecule has 0 bridgehead atoms. The maximum Gasteiger partial charge on any atom is 0.320 e. The molecular formula is C12H14ClFN2O. The molecule has 1 unspecified atom stereocenters. The van der Waals surface area contributed by atoms with E-state index < -0.39 is 5.82 Å². The fourth-order valence-electron chi connectivity index (χ4n) is 2.08. The maximum absolute atomic E-state index is 13.1. The Kier molecular flexibility index (Phi) is 3.24. The molecule has 0 aromatic heterocycles. The molecule has 1 saturated heterocycles. The summed E-state index contributed by atoms with van der Waals surface area (Å²) < 4.78 is 13.1. The largest absolute Gasteiger partial charge is 0.323 e. The van der Waals surface area contributed by atoms with Crippen LogP contribution in [0.3, 0.4) is 0 Å². The Labute approximate surface area is 105 Å². The quantitative estimate of drug-likeness (QED) is 0.798. The summed E-state index contributed by atoms with van der Waals surface area (Å²) in [5, 5.41) is 0.0956. The monoisotopic (exact) mass is 256 g/mol. The lowest BCUT2D eigenvalue weighted by Gasteiger charge is -2.18. The number of likely N-dealkylation sites (N-methyl/N-ethyl adjacent to an activating group) is 2. The van der Waals surface area contributed by atoms with E-state index in [1.165, 1.54) is 6.07 Å². The lowest BCUT2D eigenvalue weighted by Crippen LogP contribution is -2.29. The van der Waals surface area contributed by atoms with Gasteiger partial charge in [-0.15, -0.1) is 0 Å². The van der Waals surface area contributed by atoms with Gasteiger partial charge in [0.15, 0.2) is 0 Å². The molecule has 5 heteroatoms. The van der Waals surface area contributed by atoms with Gasteiger partial charge in [-0.05, 0) is 24.6 Å². The van der Waals surface area contributed by atoms with Gasteiger partial charge in [0.2, 0.25) is 0 Å². The average molecular weight is 257 g/mol. The highest BCUT2D eigenvalue weighted by Gasteiger charge is 2.34. The molecule has 0 spiro atoms. The molecule has 17 heavy (non-hydrogen) atoms. The van der Waals surface area contributed by atoms with Crippen LogP contribution in [-0.4, -0.2) is 36.0 Å². The molecule has 92 valence electrons. The van der Waals surface area contributed by atoms with Gasteiger partial charge in [0.1, 0.15) is 5.82 Å². The Balaban J connectivity index is 2.29. The molecule has 1 aromatic carbocycles. The van der Waals surface area contributed by atoms with Crippen molar-refractivity contribution in [3.63, 3.8) is 0 Å². The second-order valence-electron chi connectivity index (χ2n) is 4.12. The molecule has 2 rings (SSSR count). The predicted octanol–water partition coefficient (Wildman–Crippen LogP) is 2.91. The second-order valence-corrected chi connectivity index (χ2v) is 4.53. The number of hydrogen-bond donors (Lipinski definition) is 0. The van der Waals surface area contributed by atoms with Crippen molar-refractivity contribution >= 4 is 17.6 Å². The van der Waals surface area contributed by atoms with Crippen LogP contribution in [0.5, 0.6) is 0 Å². The van der Waals surface area contributed by atoms with Gasteiger partial charge in [-0.2, -0.15) is 0 Å². The van der Waals surface area contributed by atoms with E-state index in [1.54, 1.807) is 29.0 Å². The van der Waals surface area contributed by atoms with E-state index in [-0.39, 0.29) is 17.1 Å². The van der Waals surface area contributed by atoms with Gasteiger partial charge >= 0.3 is 6.03 Å². The fraction of sp³-hybridized carbons (Fsp3) is 0.417. The van der Waals surface area contributed by atoms with Gasteiger partial charge in [-0.25, -0.2) is 9.18 Å². The molecule has 1 fully saturated rings. The molecule has 3 nitrogen and oxygen atoms in total. The lowest BCUT2D eigenvalue weighted by molar-refractivity contribution is 0.197. The number of urea groups is 1. The summed E-state index contributed by atoms with van der Waals surface area (Å²) in [5.41, 5.74) is 0.864. The van der Waals surface area contributed by atoms with E-state index in [1.807, 2.05) is 6.92 Å². The summed E-state index contributed by atoms with van der Waals surface area (Å²) >= 11 is 5.75. The third kappa shape index (κ3) is 2.09. The minimum Gasteiger partial charge on any atom is -0.323 e. The van der Waals surface area contributed by atoms with Gasteiger partial charge < -0.3 is 9.80 Å². The predicted molar refractivity (Wildman–Crippen MR) is 64.6 cm³/mol. The van der Waals surface area contributed by atoms with Crippen LogP contribution >= 0.6 is 11.6 Å². The summed E-state index contributed by atoms with van der Waals surface area (Å²) in [6.45, 7) is 3.23. The molecule has 1 heterocycles. The Hall–Kier alpha value is -1.29. The van der Waals surface area contributed by atoms with Gasteiger partial charge in [-0.1, -0.05) is 17.7 Å². The van der Waals surface area contributed by atoms with E-state index in [4.69, 9.17) is 11.6 Å². The first-order valence-electron chi connectivity index (χ1n) is 5.51. The molecule has 1 aromatic rings. The summed E-state index contributed by atoms with van der Waals surface area (Å²) in [5.74, 6) is -0.435. The van der Waals surface area contributed by atoms with Crippen molar-refractivity contribution in [3.05, 3.63) is 34.6 Å². The van der Waals surface area contributed by atoms with Crippen LogP contribution in [0.2, 0.25) is 5.02 Å². The van der Waals surface area contributed by atoms with Crippen LogP contribution in [-0.2, 0) is 0 Å². The van der Waals surface area contributed by atoms with Gasteiger partial charge in [0, 0.05) is 20.1 Å². The van der Waals surface area contributed by atoms with E-state index in [0.29, 0.717) is 13.1 Å². The van der Waals surface area contributed by atoms with Crippen molar-refractivity contribution in [2.45, 2.75) is 13.0 Å². The van der Waals surface area contributed by atoms with Crippen molar-refractivity contribution in [2.75, 3.05) is 20.1 Å². The Morgan fingerprint density at radius 3 is 2.76 bits per heavy atom. The first kappa shape index (κ1) is 12.2. The number of rotatable bonds is 2. The number of carbonyl (C=O) groups is 1. The molecule has 1 atom stereocenters. The number of hydrogen-bond acceptors (Lipinski definition) is 1. The van der Waals surface area contributed by atoms with Gasteiger partial charge in [0.25, 0.3) is 0 Å². The third-order valence-corrected chi connectivity index (χ3v) is 3.43. The molecule has 1 aliphatic heterocycles. The number of carbonyl (C=O) groups excluding carboxylic acids is 1. The molecule has 0 radical (unpaired) electrons. The van der Waals surface area contributed by atoms with Crippen molar-refractivity contribution in [3.8, 4) is 0 Å². The Morgan fingerprint density at radius 2 is 2.24 bits per heavy atom. The molecule has 1 aliphatic rings. The topological polar surface area (TPSA) is 23.6 Å². The van der Waals surface area contributed by atoms with E-state index in [9.17, 15) is 9.18 Å². The first-order valence-corrected chi connectivity index (χ1v) is 5.89. The van der Waals surface area contributed by atoms with E-state index >= 15 is 0 Å². The smallest absolute Gasteiger partial charge is 0.320 e. The van der Waals surface area contributed by atoms with Crippen molar-refractivity contribution < 1.29 is 9.18 Å². The van der Waals surface area contributed by atoms with Gasteiger partial charge in [-0.3, -0.25) is 0 Å². The van der Waals surface area contributed by atoms with Crippen LogP contribution < -0.4 is 0 Å². The molecule has 2 amide bonds. The highest BCUT2D eigenvalue weighted by atomic mass is 35.5. The normalized spacial score (nSPS) is 20.2. The van der Waals surface area contributed by atoms with Crippen LogP contribution in [0.4, 0.5) is 9.18 Å². The summed E-state index contributed by atoms with van der Waals surface area (Å²) in [4.78, 5) is 15.2. The van der Waals surface area contributed by atoms with Crippen molar-refractivity contribution in [2.24, 2.45) is 0 Å². The van der Waals surface area contributed by atoms with Crippen molar-refractivity contribution in [1.82, 2.24) is 9.80 Å². The second kappa shape index (κ2) is 4.53. The average Bonchev–Trinajstić information content (AvgIpc) is 2.60. The minimum atomic E-state index is -0.435. The Bertz CT molecular complexity index is 452. The third-order valence-electron chi connectivity index (χ3n) is 3.14. The Morgan fingerprint density at radius 1 is 1.53 bits per heavy atom. The zero-order valence-corrected chi connectivity index (χ0v) is 10.5. The lowest BCUT2D eigenvalue weighted by atomic mass is 10.1. The fourth-order valence-corrected chi connectivity index (χ4v) is 2.27. The number of halogens is 2. The minimum absolute atomic E-state index is 0.00190. The summed E-state index contributed by atoms with van der Waals surface area (Å²) in [6, 6.07) is 4.54. The molecule has 0 N–H and O–H groups in total.